The number of anilines is 1. The van der Waals surface area contributed by atoms with E-state index in [2.05, 4.69) is 15.2 Å². The molecular formula is C19H18N4O7S. The van der Waals surface area contributed by atoms with Crippen LogP contribution in [0.2, 0.25) is 0 Å². The molecule has 0 saturated carbocycles. The number of aromatic nitrogens is 3. The Labute approximate surface area is 176 Å². The molecule has 3 aromatic rings. The molecule has 0 fully saturated rings. The van der Waals surface area contributed by atoms with Gasteiger partial charge in [0.15, 0.2) is 6.10 Å². The van der Waals surface area contributed by atoms with Crippen LogP contribution in [-0.2, 0) is 21.4 Å². The van der Waals surface area contributed by atoms with E-state index in [1.807, 2.05) is 0 Å². The molecule has 4 rings (SSSR count). The number of carbonyl (C=O) groups excluding carboxylic acids is 1. The van der Waals surface area contributed by atoms with Crippen LogP contribution < -0.4 is 19.5 Å². The highest BCUT2D eigenvalue weighted by Gasteiger charge is 2.39. The SMILES string of the molecule is O=C(OCc1ccccc1)S(=O)(=O)N1C[C@H](COc2n[nH]c(=O)[nH]2)Oc2ccccc21. The Morgan fingerprint density at radius 2 is 1.90 bits per heavy atom. The van der Waals surface area contributed by atoms with Gasteiger partial charge < -0.3 is 14.2 Å². The maximum absolute atomic E-state index is 13.0. The molecule has 2 N–H and O–H groups in total. The number of aromatic amines is 2. The van der Waals surface area contributed by atoms with E-state index in [0.717, 1.165) is 4.31 Å². The van der Waals surface area contributed by atoms with Crippen LogP contribution in [-0.4, -0.2) is 48.2 Å². The first kappa shape index (κ1) is 20.5. The Morgan fingerprint density at radius 1 is 1.16 bits per heavy atom. The first-order valence-electron chi connectivity index (χ1n) is 9.20. The van der Waals surface area contributed by atoms with Gasteiger partial charge in [-0.15, -0.1) is 5.10 Å². The second kappa shape index (κ2) is 8.52. The monoisotopic (exact) mass is 446 g/mol. The molecule has 1 atom stereocenters. The molecule has 2 heterocycles. The lowest BCUT2D eigenvalue weighted by Crippen LogP contribution is -2.48. The molecule has 0 saturated heterocycles. The van der Waals surface area contributed by atoms with Gasteiger partial charge in [0.1, 0.15) is 19.0 Å². The quantitative estimate of drug-likeness (QED) is 0.541. The number of benzene rings is 2. The molecule has 31 heavy (non-hydrogen) atoms. The van der Waals surface area contributed by atoms with Gasteiger partial charge in [-0.3, -0.25) is 9.29 Å². The highest BCUT2D eigenvalue weighted by Crippen LogP contribution is 2.35. The molecule has 1 aromatic heterocycles. The zero-order chi connectivity index (χ0) is 21.8. The van der Waals surface area contributed by atoms with Crippen molar-refractivity contribution in [3.63, 3.8) is 0 Å². The van der Waals surface area contributed by atoms with Crippen molar-refractivity contribution < 1.29 is 27.4 Å². The normalized spacial score (nSPS) is 15.6. The van der Waals surface area contributed by atoms with Gasteiger partial charge in [-0.1, -0.05) is 42.5 Å². The van der Waals surface area contributed by atoms with Gasteiger partial charge in [-0.2, -0.15) is 8.42 Å². The van der Waals surface area contributed by atoms with Crippen molar-refractivity contribution in [2.45, 2.75) is 12.7 Å². The summed E-state index contributed by atoms with van der Waals surface area (Å²) in [6.07, 6.45) is -0.771. The number of nitrogens with zero attached hydrogens (tertiary/aromatic N) is 2. The van der Waals surface area contributed by atoms with Gasteiger partial charge in [0.25, 0.3) is 0 Å². The van der Waals surface area contributed by atoms with E-state index in [-0.39, 0.29) is 37.2 Å². The van der Waals surface area contributed by atoms with Crippen molar-refractivity contribution in [3.8, 4) is 11.8 Å². The summed E-state index contributed by atoms with van der Waals surface area (Å²) in [6, 6.07) is 15.1. The Kier molecular flexibility index (Phi) is 5.62. The Balaban J connectivity index is 1.51. The molecule has 1 aliphatic rings. The highest BCUT2D eigenvalue weighted by molar-refractivity contribution is 8.06. The summed E-state index contributed by atoms with van der Waals surface area (Å²) in [7, 11) is -4.50. The molecule has 0 unspecified atom stereocenters. The van der Waals surface area contributed by atoms with Crippen LogP contribution in [0.15, 0.2) is 59.4 Å². The van der Waals surface area contributed by atoms with E-state index in [1.165, 1.54) is 6.07 Å². The van der Waals surface area contributed by atoms with E-state index in [9.17, 15) is 18.0 Å². The zero-order valence-electron chi connectivity index (χ0n) is 16.1. The van der Waals surface area contributed by atoms with E-state index in [0.29, 0.717) is 5.56 Å². The summed E-state index contributed by atoms with van der Waals surface area (Å²) in [6.45, 7) is -0.501. The summed E-state index contributed by atoms with van der Waals surface area (Å²) >= 11 is 0. The lowest BCUT2D eigenvalue weighted by atomic mass is 10.2. The standard InChI is InChI=1S/C19H18N4O7S/c24-17-20-18(22-21-17)28-12-14-10-23(15-8-4-5-9-16(15)30-14)31(26,27)19(25)29-11-13-6-2-1-3-7-13/h1-9,14H,10-12H2,(H2,20,21,22,24)/t14-/m1/s1. The van der Waals surface area contributed by atoms with Crippen LogP contribution >= 0.6 is 0 Å². The van der Waals surface area contributed by atoms with Gasteiger partial charge in [0, 0.05) is 0 Å². The fourth-order valence-corrected chi connectivity index (χ4v) is 4.11. The average molecular weight is 446 g/mol. The average Bonchev–Trinajstić information content (AvgIpc) is 3.21. The molecule has 12 heteroatoms. The molecule has 0 spiro atoms. The van der Waals surface area contributed by atoms with Crippen LogP contribution in [0.4, 0.5) is 10.5 Å². The molecule has 0 amide bonds. The lowest BCUT2D eigenvalue weighted by Gasteiger charge is -2.34. The molecule has 0 radical (unpaired) electrons. The molecule has 0 bridgehead atoms. The minimum absolute atomic E-state index is 0.0656. The van der Waals surface area contributed by atoms with Crippen LogP contribution in [0.1, 0.15) is 5.56 Å². The van der Waals surface area contributed by atoms with Crippen LogP contribution in [0.5, 0.6) is 11.8 Å². The van der Waals surface area contributed by atoms with Crippen molar-refractivity contribution in [2.75, 3.05) is 17.5 Å². The summed E-state index contributed by atoms with van der Waals surface area (Å²) in [5.74, 6) is 0.261. The van der Waals surface area contributed by atoms with Gasteiger partial charge in [-0.25, -0.2) is 14.7 Å². The molecule has 1 aliphatic heterocycles. The maximum atomic E-state index is 13.0. The summed E-state index contributed by atoms with van der Waals surface area (Å²) in [5.41, 5.74) is 0.326. The minimum atomic E-state index is -4.50. The van der Waals surface area contributed by atoms with E-state index in [4.69, 9.17) is 14.2 Å². The van der Waals surface area contributed by atoms with E-state index >= 15 is 0 Å². The third-order valence-electron chi connectivity index (χ3n) is 4.38. The van der Waals surface area contributed by atoms with Crippen LogP contribution in [0, 0.1) is 0 Å². The predicted octanol–water partition coefficient (Wildman–Crippen LogP) is 1.41. The van der Waals surface area contributed by atoms with Crippen molar-refractivity contribution in [2.24, 2.45) is 0 Å². The van der Waals surface area contributed by atoms with Crippen molar-refractivity contribution >= 4 is 21.0 Å². The summed E-state index contributed by atoms with van der Waals surface area (Å²) in [4.78, 5) is 25.9. The molecular weight excluding hydrogens is 428 g/mol. The third kappa shape index (κ3) is 4.53. The van der Waals surface area contributed by atoms with Gasteiger partial charge in [0.05, 0.1) is 12.2 Å². The number of fused-ring (bicyclic) bond motifs is 1. The topological polar surface area (TPSA) is 144 Å². The number of para-hydroxylation sites is 2. The molecule has 162 valence electrons. The van der Waals surface area contributed by atoms with Crippen molar-refractivity contribution in [3.05, 3.63) is 70.6 Å². The zero-order valence-corrected chi connectivity index (χ0v) is 16.9. The second-order valence-electron chi connectivity index (χ2n) is 6.56. The number of sulfonamides is 1. The van der Waals surface area contributed by atoms with Gasteiger partial charge in [-0.05, 0) is 17.7 Å². The Morgan fingerprint density at radius 3 is 2.65 bits per heavy atom. The predicted molar refractivity (Wildman–Crippen MR) is 108 cm³/mol. The van der Waals surface area contributed by atoms with Crippen molar-refractivity contribution in [1.29, 1.82) is 0 Å². The van der Waals surface area contributed by atoms with E-state index < -0.39 is 27.1 Å². The number of ether oxygens (including phenoxy) is 3. The molecule has 0 aliphatic carbocycles. The number of nitrogens with one attached hydrogen (secondary N) is 2. The van der Waals surface area contributed by atoms with Gasteiger partial charge >= 0.3 is 27.0 Å². The molecule has 11 nitrogen and oxygen atoms in total. The largest absolute Gasteiger partial charge is 0.483 e. The first-order chi connectivity index (χ1) is 14.9. The van der Waals surface area contributed by atoms with Gasteiger partial charge in [0.2, 0.25) is 0 Å². The summed E-state index contributed by atoms with van der Waals surface area (Å²) in [5, 5.41) is 4.40. The maximum Gasteiger partial charge on any atom is 0.445 e. The molecule has 2 aromatic carbocycles. The van der Waals surface area contributed by atoms with Crippen molar-refractivity contribution in [1.82, 2.24) is 15.2 Å². The fourth-order valence-electron chi connectivity index (χ4n) is 2.95. The minimum Gasteiger partial charge on any atom is -0.483 e. The lowest BCUT2D eigenvalue weighted by molar-refractivity contribution is 0.122. The summed E-state index contributed by atoms with van der Waals surface area (Å²) < 4.78 is 43.1. The fraction of sp³-hybridized carbons (Fsp3) is 0.211. The third-order valence-corrected chi connectivity index (χ3v) is 5.85. The smallest absolute Gasteiger partial charge is 0.445 e. The highest BCUT2D eigenvalue weighted by atomic mass is 32.2. The Hall–Kier alpha value is -3.80. The van der Waals surface area contributed by atoms with Crippen LogP contribution in [0.3, 0.4) is 0 Å². The number of hydrogen-bond donors (Lipinski definition) is 2. The Bertz CT molecular complexity index is 1220. The number of rotatable bonds is 6. The second-order valence-corrected chi connectivity index (χ2v) is 8.29. The number of carbonyl (C=O) groups is 1. The first-order valence-corrected chi connectivity index (χ1v) is 10.6. The number of H-pyrrole nitrogens is 2. The van der Waals surface area contributed by atoms with E-state index in [1.54, 1.807) is 48.5 Å². The number of hydrogen-bond acceptors (Lipinski definition) is 8. The van der Waals surface area contributed by atoms with Crippen LogP contribution in [0.25, 0.3) is 0 Å².